The van der Waals surface area contributed by atoms with Crippen LogP contribution < -0.4 is 0 Å². The Bertz CT molecular complexity index is 600. The van der Waals surface area contributed by atoms with Crippen molar-refractivity contribution in [2.75, 3.05) is 13.7 Å². The predicted octanol–water partition coefficient (Wildman–Crippen LogP) is 1.11. The molecule has 0 radical (unpaired) electrons. The average molecular weight is 372 g/mol. The Hall–Kier alpha value is -1.03. The summed E-state index contributed by atoms with van der Waals surface area (Å²) in [5.41, 5.74) is -1.36. The molecule has 3 aliphatic heterocycles. The molecule has 8 heteroatoms. The molecule has 8 nitrogen and oxygen atoms in total. The third-order valence-corrected chi connectivity index (χ3v) is 5.01. The van der Waals surface area contributed by atoms with Gasteiger partial charge in [-0.3, -0.25) is 4.79 Å². The number of ether oxygens (including phenoxy) is 6. The minimum Gasteiger partial charge on any atom is -0.468 e. The topological polar surface area (TPSA) is 92.7 Å². The van der Waals surface area contributed by atoms with Crippen molar-refractivity contribution in [3.8, 4) is 0 Å². The third kappa shape index (κ3) is 3.08. The molecule has 6 atom stereocenters. The van der Waals surface area contributed by atoms with Crippen LogP contribution in [0.25, 0.3) is 0 Å². The molecule has 0 bridgehead atoms. The van der Waals surface area contributed by atoms with Gasteiger partial charge in [-0.05, 0) is 34.6 Å². The summed E-state index contributed by atoms with van der Waals surface area (Å²) in [6, 6.07) is 0. The molecule has 26 heavy (non-hydrogen) atoms. The Morgan fingerprint density at radius 1 is 1.15 bits per heavy atom. The number of carbonyl (C=O) groups is 1. The molecule has 3 saturated heterocycles. The van der Waals surface area contributed by atoms with E-state index in [1.165, 1.54) is 7.11 Å². The molecular weight excluding hydrogens is 344 g/mol. The van der Waals surface area contributed by atoms with Gasteiger partial charge >= 0.3 is 5.97 Å². The van der Waals surface area contributed by atoms with E-state index >= 15 is 0 Å². The third-order valence-electron chi connectivity index (χ3n) is 5.01. The molecule has 0 aromatic heterocycles. The maximum Gasteiger partial charge on any atom is 0.315 e. The molecule has 0 saturated carbocycles. The van der Waals surface area contributed by atoms with Crippen molar-refractivity contribution >= 4 is 5.97 Å². The zero-order valence-electron chi connectivity index (χ0n) is 16.1. The van der Waals surface area contributed by atoms with E-state index in [4.69, 9.17) is 28.4 Å². The summed E-state index contributed by atoms with van der Waals surface area (Å²) in [4.78, 5) is 12.5. The molecule has 0 unspecified atom stereocenters. The minimum atomic E-state index is -1.79. The summed E-state index contributed by atoms with van der Waals surface area (Å²) >= 11 is 0. The summed E-state index contributed by atoms with van der Waals surface area (Å²) in [5, 5.41) is 11.8. The van der Waals surface area contributed by atoms with E-state index in [1.54, 1.807) is 34.6 Å². The molecule has 0 aromatic rings. The van der Waals surface area contributed by atoms with Gasteiger partial charge in [0.15, 0.2) is 17.9 Å². The number of esters is 1. The van der Waals surface area contributed by atoms with E-state index in [9.17, 15) is 9.90 Å². The van der Waals surface area contributed by atoms with E-state index in [1.807, 2.05) is 0 Å². The Morgan fingerprint density at radius 3 is 2.31 bits per heavy atom. The molecule has 1 N–H and O–H groups in total. The quantitative estimate of drug-likeness (QED) is 0.580. The number of hydrogen-bond donors (Lipinski definition) is 1. The Labute approximate surface area is 153 Å². The summed E-state index contributed by atoms with van der Waals surface area (Å²) in [6.45, 7) is 12.7. The fraction of sp³-hybridized carbons (Fsp3) is 0.833. The smallest absolute Gasteiger partial charge is 0.315 e. The fourth-order valence-electron chi connectivity index (χ4n) is 4.04. The number of rotatable bonds is 4. The lowest BCUT2D eigenvalue weighted by Crippen LogP contribution is -2.61. The van der Waals surface area contributed by atoms with E-state index in [-0.39, 0.29) is 6.61 Å². The van der Waals surface area contributed by atoms with Crippen LogP contribution in [0.5, 0.6) is 0 Å². The Kier molecular flexibility index (Phi) is 4.74. The molecule has 3 aliphatic rings. The van der Waals surface area contributed by atoms with Crippen molar-refractivity contribution in [2.45, 2.75) is 76.4 Å². The molecule has 3 rings (SSSR count). The summed E-state index contributed by atoms with van der Waals surface area (Å²) in [5.74, 6) is -3.48. The van der Waals surface area contributed by atoms with E-state index in [0.29, 0.717) is 5.57 Å². The van der Waals surface area contributed by atoms with Gasteiger partial charge in [0.2, 0.25) is 0 Å². The Morgan fingerprint density at radius 2 is 1.81 bits per heavy atom. The molecule has 0 aromatic carbocycles. The van der Waals surface area contributed by atoms with Crippen LogP contribution in [0.4, 0.5) is 0 Å². The van der Waals surface area contributed by atoms with Gasteiger partial charge in [0.1, 0.15) is 29.8 Å². The number of methoxy groups -OCH3 is 1. The number of carbonyl (C=O) groups excluding carboxylic acids is 1. The molecular formula is C18H28O8. The lowest BCUT2D eigenvalue weighted by atomic mass is 9.74. The van der Waals surface area contributed by atoms with Crippen LogP contribution in [-0.2, 0) is 33.2 Å². The first-order valence-electron chi connectivity index (χ1n) is 8.70. The van der Waals surface area contributed by atoms with Gasteiger partial charge in [-0.1, -0.05) is 12.2 Å². The van der Waals surface area contributed by atoms with Crippen LogP contribution in [0.1, 0.15) is 34.6 Å². The zero-order chi connectivity index (χ0) is 19.5. The van der Waals surface area contributed by atoms with Gasteiger partial charge in [-0.25, -0.2) is 0 Å². The van der Waals surface area contributed by atoms with E-state index in [2.05, 4.69) is 6.58 Å². The number of hydrogen-bond acceptors (Lipinski definition) is 8. The first kappa shape index (κ1) is 19.7. The van der Waals surface area contributed by atoms with Crippen molar-refractivity contribution in [1.29, 1.82) is 0 Å². The molecule has 0 spiro atoms. The van der Waals surface area contributed by atoms with Crippen molar-refractivity contribution < 1.29 is 38.3 Å². The summed E-state index contributed by atoms with van der Waals surface area (Å²) in [6.07, 6.45) is -3.28. The zero-order valence-corrected chi connectivity index (χ0v) is 16.1. The van der Waals surface area contributed by atoms with Gasteiger partial charge in [-0.15, -0.1) is 0 Å². The van der Waals surface area contributed by atoms with Crippen LogP contribution in [0.2, 0.25) is 0 Å². The predicted molar refractivity (Wildman–Crippen MR) is 88.9 cm³/mol. The standard InChI is InChI=1S/C18H28O8/c1-9(2)11(14(19)21-7)18(20)12(10-8-22-16(3,4)24-10)23-15-13(18)25-17(5,6)26-15/h10-13,15,20H,1,8H2,2-7H3/t10-,11+,12-,13+,15-,18-/m1/s1. The first-order chi connectivity index (χ1) is 11.9. The maximum atomic E-state index is 12.5. The average Bonchev–Trinajstić information content (AvgIpc) is 3.09. The van der Waals surface area contributed by atoms with Gasteiger partial charge in [0.05, 0.1) is 13.7 Å². The van der Waals surface area contributed by atoms with Crippen molar-refractivity contribution in [3.05, 3.63) is 12.2 Å². The van der Waals surface area contributed by atoms with E-state index < -0.39 is 53.7 Å². The van der Waals surface area contributed by atoms with Gasteiger partial charge < -0.3 is 33.5 Å². The number of aliphatic hydroxyl groups is 1. The molecule has 3 fully saturated rings. The van der Waals surface area contributed by atoms with Crippen molar-refractivity contribution in [1.82, 2.24) is 0 Å². The lowest BCUT2D eigenvalue weighted by molar-refractivity contribution is -0.254. The van der Waals surface area contributed by atoms with Crippen LogP contribution in [0.3, 0.4) is 0 Å². The number of fused-ring (bicyclic) bond motifs is 1. The summed E-state index contributed by atoms with van der Waals surface area (Å²) in [7, 11) is 1.26. The highest BCUT2D eigenvalue weighted by atomic mass is 16.8. The minimum absolute atomic E-state index is 0.201. The fourth-order valence-corrected chi connectivity index (χ4v) is 4.04. The summed E-state index contributed by atoms with van der Waals surface area (Å²) < 4.78 is 34.1. The SMILES string of the molecule is C=C(C)[C@@H](C(=O)OC)[C@@]1(O)[C@@H]([C@H]2COC(C)(C)O2)O[C@@H]2OC(C)(C)O[C@@H]21. The van der Waals surface area contributed by atoms with Crippen LogP contribution in [0, 0.1) is 5.92 Å². The van der Waals surface area contributed by atoms with Crippen molar-refractivity contribution in [3.63, 3.8) is 0 Å². The van der Waals surface area contributed by atoms with Crippen molar-refractivity contribution in [2.24, 2.45) is 5.92 Å². The monoisotopic (exact) mass is 372 g/mol. The van der Waals surface area contributed by atoms with E-state index in [0.717, 1.165) is 0 Å². The van der Waals surface area contributed by atoms with Gasteiger partial charge in [0, 0.05) is 0 Å². The molecule has 0 aliphatic carbocycles. The highest BCUT2D eigenvalue weighted by Gasteiger charge is 2.70. The first-order valence-corrected chi connectivity index (χ1v) is 8.70. The van der Waals surface area contributed by atoms with Crippen LogP contribution in [0.15, 0.2) is 12.2 Å². The van der Waals surface area contributed by atoms with Crippen LogP contribution in [-0.4, -0.2) is 66.6 Å². The largest absolute Gasteiger partial charge is 0.468 e. The second-order valence-corrected chi connectivity index (χ2v) is 8.04. The van der Waals surface area contributed by atoms with Crippen LogP contribution >= 0.6 is 0 Å². The lowest BCUT2D eigenvalue weighted by Gasteiger charge is -2.40. The highest BCUT2D eigenvalue weighted by molar-refractivity contribution is 5.77. The molecule has 3 heterocycles. The maximum absolute atomic E-state index is 12.5. The molecule has 148 valence electrons. The Balaban J connectivity index is 2.01. The normalized spacial score (nSPS) is 41.7. The molecule has 0 amide bonds. The highest BCUT2D eigenvalue weighted by Crippen LogP contribution is 2.50. The van der Waals surface area contributed by atoms with Gasteiger partial charge in [0.25, 0.3) is 0 Å². The second kappa shape index (κ2) is 6.25. The van der Waals surface area contributed by atoms with Gasteiger partial charge in [-0.2, -0.15) is 0 Å². The second-order valence-electron chi connectivity index (χ2n) is 8.04.